The highest BCUT2D eigenvalue weighted by molar-refractivity contribution is 5.88. The van der Waals surface area contributed by atoms with Crippen molar-refractivity contribution in [3.8, 4) is 11.1 Å². The summed E-state index contributed by atoms with van der Waals surface area (Å²) in [6.45, 7) is 37.9. The van der Waals surface area contributed by atoms with Crippen molar-refractivity contribution in [3.05, 3.63) is 105 Å². The second-order valence-corrected chi connectivity index (χ2v) is 20.1. The monoisotopic (exact) mass is 642 g/mol. The molecule has 0 saturated heterocycles. The predicted octanol–water partition coefficient (Wildman–Crippen LogP) is 10.9. The van der Waals surface area contributed by atoms with E-state index in [0.29, 0.717) is 0 Å². The Hall–Kier alpha value is -3.20. The van der Waals surface area contributed by atoms with Gasteiger partial charge in [0.05, 0.1) is 0 Å². The minimum atomic E-state index is -0.142. The highest BCUT2D eigenvalue weighted by Crippen LogP contribution is 2.51. The van der Waals surface area contributed by atoms with E-state index in [1.54, 1.807) is 0 Å². The van der Waals surface area contributed by atoms with Crippen molar-refractivity contribution in [1.82, 2.24) is 0 Å². The molecule has 0 atom stereocenters. The van der Waals surface area contributed by atoms with Gasteiger partial charge in [0.2, 0.25) is 0 Å². The van der Waals surface area contributed by atoms with Gasteiger partial charge in [0.1, 0.15) is 22.7 Å². The van der Waals surface area contributed by atoms with Crippen LogP contribution in [0.25, 0.3) is 11.1 Å². The van der Waals surface area contributed by atoms with Crippen LogP contribution < -0.4 is 10.6 Å². The average molecular weight is 643 g/mol. The van der Waals surface area contributed by atoms with Gasteiger partial charge in [-0.3, -0.25) is 10.6 Å². The highest BCUT2D eigenvalue weighted by Gasteiger charge is 2.43. The van der Waals surface area contributed by atoms with Crippen LogP contribution in [-0.2, 0) is 32.5 Å². The van der Waals surface area contributed by atoms with Crippen molar-refractivity contribution in [2.24, 2.45) is 0 Å². The first kappa shape index (κ1) is 34.7. The van der Waals surface area contributed by atoms with Crippen LogP contribution in [0.1, 0.15) is 155 Å². The molecule has 0 radical (unpaired) electrons. The number of hydrogen-bond donors (Lipinski definition) is 2. The molecule has 0 saturated carbocycles. The van der Waals surface area contributed by atoms with Gasteiger partial charge in [-0.2, -0.15) is 0 Å². The maximum Gasteiger partial charge on any atom is 0.146 e. The summed E-state index contributed by atoms with van der Waals surface area (Å²) in [4.78, 5) is 0. The maximum atomic E-state index is 2.53. The molecule has 2 aliphatic rings. The van der Waals surface area contributed by atoms with Crippen molar-refractivity contribution in [3.63, 3.8) is 0 Å². The lowest BCUT2D eigenvalue weighted by Crippen LogP contribution is -2.76. The Morgan fingerprint density at radius 3 is 0.958 bits per heavy atom. The van der Waals surface area contributed by atoms with Crippen LogP contribution in [0.2, 0.25) is 0 Å². The van der Waals surface area contributed by atoms with Crippen molar-refractivity contribution in [2.75, 3.05) is 0 Å². The lowest BCUT2D eigenvalue weighted by atomic mass is 9.68. The molecule has 0 bridgehead atoms. The van der Waals surface area contributed by atoms with Crippen LogP contribution in [0.4, 0.5) is 22.7 Å². The fourth-order valence-corrected chi connectivity index (χ4v) is 7.94. The largest absolute Gasteiger partial charge is 0.281 e. The van der Waals surface area contributed by atoms with E-state index in [1.165, 1.54) is 78.4 Å². The van der Waals surface area contributed by atoms with Gasteiger partial charge in [-0.25, -0.2) is 0 Å². The van der Waals surface area contributed by atoms with Crippen LogP contribution in [0, 0.1) is 0 Å². The quantitative estimate of drug-likeness (QED) is 0.194. The summed E-state index contributed by atoms with van der Waals surface area (Å²) in [7, 11) is 0. The lowest BCUT2D eigenvalue weighted by Gasteiger charge is -2.38. The van der Waals surface area contributed by atoms with Gasteiger partial charge in [0.15, 0.2) is 0 Å². The fourth-order valence-electron chi connectivity index (χ4n) is 7.94. The summed E-state index contributed by atoms with van der Waals surface area (Å²) in [6, 6.07) is 24.5. The van der Waals surface area contributed by atoms with Crippen LogP contribution >= 0.6 is 0 Å². The predicted molar refractivity (Wildman–Crippen MR) is 206 cm³/mol. The Kier molecular flexibility index (Phi) is 7.69. The van der Waals surface area contributed by atoms with Gasteiger partial charge in [-0.1, -0.05) is 123 Å². The molecule has 0 unspecified atom stereocenters. The Bertz CT molecular complexity index is 1800. The summed E-state index contributed by atoms with van der Waals surface area (Å²) >= 11 is 0. The van der Waals surface area contributed by atoms with Crippen LogP contribution in [-0.4, -0.2) is 0 Å². The zero-order chi connectivity index (χ0) is 35.6. The molecule has 6 rings (SSSR count). The number of hydrogen-bond acceptors (Lipinski definition) is 0. The zero-order valence-corrected chi connectivity index (χ0v) is 32.9. The van der Waals surface area contributed by atoms with Crippen LogP contribution in [0.15, 0.2) is 60.7 Å². The van der Waals surface area contributed by atoms with Crippen molar-refractivity contribution < 1.29 is 10.6 Å². The number of fused-ring (bicyclic) bond motifs is 4. The molecular weight excluding hydrogens is 581 g/mol. The van der Waals surface area contributed by atoms with Crippen LogP contribution in [0.3, 0.4) is 0 Å². The highest BCUT2D eigenvalue weighted by atomic mass is 14.9. The van der Waals surface area contributed by atoms with Gasteiger partial charge >= 0.3 is 0 Å². The standard InChI is InChI=1S/C46H60N2/c1-41(2,3)27-17-19-37-33(23-27)45(13,14)35-25-29(43(7,8)9)21-31(39(35)47-37)32-22-30(44(10,11)12)26-36-40(32)48-38-20-18-28(42(4,5)6)24-34(38)46(36,15)16/h17-26,47-48H,1-16H3/p+2. The smallest absolute Gasteiger partial charge is 0.146 e. The zero-order valence-electron chi connectivity index (χ0n) is 32.9. The third-order valence-electron chi connectivity index (χ3n) is 11.5. The third kappa shape index (κ3) is 5.67. The Balaban J connectivity index is 1.67. The van der Waals surface area contributed by atoms with Gasteiger partial charge in [-0.05, 0) is 80.3 Å². The van der Waals surface area contributed by atoms with Gasteiger partial charge in [0.25, 0.3) is 0 Å². The van der Waals surface area contributed by atoms with E-state index in [0.717, 1.165) is 0 Å². The summed E-state index contributed by atoms with van der Waals surface area (Å²) < 4.78 is 0. The minimum absolute atomic E-state index is 0.00797. The van der Waals surface area contributed by atoms with E-state index in [1.807, 2.05) is 0 Å². The maximum absolute atomic E-state index is 2.53. The molecule has 4 aromatic rings. The third-order valence-corrected chi connectivity index (χ3v) is 11.5. The number of nitrogens with two attached hydrogens (primary N) is 2. The van der Waals surface area contributed by atoms with E-state index >= 15 is 0 Å². The second-order valence-electron chi connectivity index (χ2n) is 20.1. The van der Waals surface area contributed by atoms with E-state index in [9.17, 15) is 0 Å². The molecule has 2 heteroatoms. The van der Waals surface area contributed by atoms with E-state index in [-0.39, 0.29) is 32.5 Å². The molecule has 0 spiro atoms. The molecule has 254 valence electrons. The normalized spacial score (nSPS) is 16.9. The van der Waals surface area contributed by atoms with Crippen molar-refractivity contribution in [2.45, 2.75) is 143 Å². The SMILES string of the molecule is CC(C)(C)c1ccc2c(c1)C(C)(C)c1cc(C(C)(C)C)cc(-c3cc(C(C)(C)C)cc4c3[NH2+]c3ccc(C(C)(C)C)cc3C4(C)C)c1[NH2+]2. The topological polar surface area (TPSA) is 33.2 Å². The first-order valence-corrected chi connectivity index (χ1v) is 18.2. The number of quaternary nitrogens is 2. The summed E-state index contributed by atoms with van der Waals surface area (Å²) in [5.74, 6) is 0. The first-order chi connectivity index (χ1) is 21.8. The van der Waals surface area contributed by atoms with Gasteiger partial charge in [-0.15, -0.1) is 0 Å². The molecular formula is C46H62N2+2. The molecule has 4 aromatic carbocycles. The molecule has 0 aromatic heterocycles. The molecule has 4 N–H and O–H groups in total. The van der Waals surface area contributed by atoms with Gasteiger partial charge < -0.3 is 0 Å². The molecule has 2 heterocycles. The molecule has 48 heavy (non-hydrogen) atoms. The molecule has 0 aliphatic carbocycles. The van der Waals surface area contributed by atoms with Crippen molar-refractivity contribution in [1.29, 1.82) is 0 Å². The Labute approximate surface area is 292 Å². The molecule has 0 fully saturated rings. The lowest BCUT2D eigenvalue weighted by molar-refractivity contribution is -0.484. The summed E-state index contributed by atoms with van der Waals surface area (Å²) in [5.41, 5.74) is 19.4. The molecule has 0 amide bonds. The van der Waals surface area contributed by atoms with E-state index in [2.05, 4.69) is 182 Å². The second kappa shape index (κ2) is 10.6. The van der Waals surface area contributed by atoms with Gasteiger partial charge in [0, 0.05) is 56.3 Å². The summed E-state index contributed by atoms with van der Waals surface area (Å²) in [5, 5.41) is 5.00. The minimum Gasteiger partial charge on any atom is -0.281 e. The average Bonchev–Trinajstić information content (AvgIpc) is 2.94. The van der Waals surface area contributed by atoms with Crippen LogP contribution in [0.5, 0.6) is 0 Å². The van der Waals surface area contributed by atoms with E-state index in [4.69, 9.17) is 0 Å². The van der Waals surface area contributed by atoms with E-state index < -0.39 is 0 Å². The number of benzene rings is 4. The first-order valence-electron chi connectivity index (χ1n) is 18.2. The van der Waals surface area contributed by atoms with Crippen molar-refractivity contribution >= 4 is 22.7 Å². The number of rotatable bonds is 1. The Morgan fingerprint density at radius 2 is 0.667 bits per heavy atom. The molecule has 2 aliphatic heterocycles. The molecule has 2 nitrogen and oxygen atoms in total. The Morgan fingerprint density at radius 1 is 0.375 bits per heavy atom. The summed E-state index contributed by atoms with van der Waals surface area (Å²) in [6.07, 6.45) is 0. The fraction of sp³-hybridized carbons (Fsp3) is 0.478.